The van der Waals surface area contributed by atoms with Crippen LogP contribution in [0.4, 0.5) is 11.4 Å². The monoisotopic (exact) mass is 274 g/mol. The zero-order valence-corrected chi connectivity index (χ0v) is 11.0. The highest BCUT2D eigenvalue weighted by Crippen LogP contribution is 2.34. The average Bonchev–Trinajstić information content (AvgIpc) is 2.34. The summed E-state index contributed by atoms with van der Waals surface area (Å²) in [5, 5.41) is 10.1. The van der Waals surface area contributed by atoms with Gasteiger partial charge in [0.25, 0.3) is 0 Å². The highest BCUT2D eigenvalue weighted by atomic mass is 35.5. The Morgan fingerprint density at radius 3 is 2.41 bits per heavy atom. The molecule has 0 radical (unpaired) electrons. The Labute approximate surface area is 111 Å². The largest absolute Gasteiger partial charge is 0.397 e. The second-order valence-electron chi connectivity index (χ2n) is 4.44. The van der Waals surface area contributed by atoms with Crippen LogP contribution in [0.5, 0.6) is 0 Å². The normalized spacial score (nSPS) is 17.5. The van der Waals surface area contributed by atoms with Gasteiger partial charge in [0.2, 0.25) is 0 Å². The summed E-state index contributed by atoms with van der Waals surface area (Å²) in [5.41, 5.74) is 7.55. The van der Waals surface area contributed by atoms with Gasteiger partial charge in [0.1, 0.15) is 0 Å². The van der Waals surface area contributed by atoms with Crippen LogP contribution in [0.3, 0.4) is 0 Å². The molecule has 0 atom stereocenters. The molecule has 94 valence electrons. The molecular formula is C12H16Cl2N2O. The molecule has 0 aromatic heterocycles. The van der Waals surface area contributed by atoms with E-state index in [0.29, 0.717) is 21.7 Å². The Morgan fingerprint density at radius 1 is 1.24 bits per heavy atom. The van der Waals surface area contributed by atoms with Crippen molar-refractivity contribution in [1.29, 1.82) is 0 Å². The van der Waals surface area contributed by atoms with Crippen molar-refractivity contribution in [2.24, 2.45) is 5.92 Å². The maximum atomic E-state index is 9.10. The smallest absolute Gasteiger partial charge is 0.0615 e. The molecule has 3 N–H and O–H groups in total. The number of hydrogen-bond acceptors (Lipinski definition) is 3. The zero-order chi connectivity index (χ0) is 12.4. The van der Waals surface area contributed by atoms with Crippen molar-refractivity contribution >= 4 is 34.6 Å². The Kier molecular flexibility index (Phi) is 4.02. The van der Waals surface area contributed by atoms with Gasteiger partial charge in [-0.2, -0.15) is 0 Å². The summed E-state index contributed by atoms with van der Waals surface area (Å²) >= 11 is 11.9. The van der Waals surface area contributed by atoms with Crippen LogP contribution in [0.2, 0.25) is 10.0 Å². The fourth-order valence-corrected chi connectivity index (χ4v) is 2.51. The lowest BCUT2D eigenvalue weighted by Gasteiger charge is -2.33. The second-order valence-corrected chi connectivity index (χ2v) is 5.25. The fraction of sp³-hybridized carbons (Fsp3) is 0.500. The van der Waals surface area contributed by atoms with E-state index in [9.17, 15) is 0 Å². The molecule has 2 rings (SSSR count). The maximum absolute atomic E-state index is 9.10. The summed E-state index contributed by atoms with van der Waals surface area (Å²) in [7, 11) is 0. The first-order valence-corrected chi connectivity index (χ1v) is 6.47. The lowest BCUT2D eigenvalue weighted by molar-refractivity contribution is 0.203. The van der Waals surface area contributed by atoms with E-state index >= 15 is 0 Å². The van der Waals surface area contributed by atoms with Gasteiger partial charge in [0.05, 0.1) is 21.4 Å². The molecule has 1 saturated heterocycles. The van der Waals surface area contributed by atoms with Crippen molar-refractivity contribution in [3.63, 3.8) is 0 Å². The SMILES string of the molecule is Nc1cc(Cl)c(Cl)cc1N1CCC(CO)CC1. The number of benzene rings is 1. The molecule has 0 bridgehead atoms. The lowest BCUT2D eigenvalue weighted by Crippen LogP contribution is -2.35. The number of anilines is 2. The summed E-state index contributed by atoms with van der Waals surface area (Å²) < 4.78 is 0. The van der Waals surface area contributed by atoms with E-state index in [1.807, 2.05) is 6.07 Å². The van der Waals surface area contributed by atoms with Crippen molar-refractivity contribution in [2.45, 2.75) is 12.8 Å². The summed E-state index contributed by atoms with van der Waals surface area (Å²) in [5.74, 6) is 0.412. The number of aliphatic hydroxyl groups is 1. The number of piperidine rings is 1. The third-order valence-electron chi connectivity index (χ3n) is 3.28. The van der Waals surface area contributed by atoms with Gasteiger partial charge < -0.3 is 15.7 Å². The van der Waals surface area contributed by atoms with E-state index in [-0.39, 0.29) is 6.61 Å². The molecule has 5 heteroatoms. The third-order valence-corrected chi connectivity index (χ3v) is 4.01. The molecule has 1 aromatic carbocycles. The molecule has 0 spiro atoms. The van der Waals surface area contributed by atoms with Crippen molar-refractivity contribution in [1.82, 2.24) is 0 Å². The van der Waals surface area contributed by atoms with Crippen LogP contribution in [-0.4, -0.2) is 24.8 Å². The number of aliphatic hydroxyl groups excluding tert-OH is 1. The number of nitrogens with zero attached hydrogens (tertiary/aromatic N) is 1. The quantitative estimate of drug-likeness (QED) is 0.816. The van der Waals surface area contributed by atoms with Gasteiger partial charge in [-0.25, -0.2) is 0 Å². The number of nitrogens with two attached hydrogens (primary N) is 1. The number of rotatable bonds is 2. The zero-order valence-electron chi connectivity index (χ0n) is 9.50. The van der Waals surface area contributed by atoms with Crippen LogP contribution in [0.15, 0.2) is 12.1 Å². The van der Waals surface area contributed by atoms with Crippen LogP contribution in [0, 0.1) is 5.92 Å². The Balaban J connectivity index is 2.16. The number of nitrogen functional groups attached to an aromatic ring is 1. The first-order valence-electron chi connectivity index (χ1n) is 5.72. The number of hydrogen-bond donors (Lipinski definition) is 2. The van der Waals surface area contributed by atoms with Crippen molar-refractivity contribution in [3.05, 3.63) is 22.2 Å². The topological polar surface area (TPSA) is 49.5 Å². The van der Waals surface area contributed by atoms with Gasteiger partial charge >= 0.3 is 0 Å². The highest BCUT2D eigenvalue weighted by molar-refractivity contribution is 6.42. The van der Waals surface area contributed by atoms with Gasteiger partial charge in [0, 0.05) is 19.7 Å². The van der Waals surface area contributed by atoms with Gasteiger partial charge in [0.15, 0.2) is 0 Å². The van der Waals surface area contributed by atoms with Crippen molar-refractivity contribution in [3.8, 4) is 0 Å². The van der Waals surface area contributed by atoms with E-state index < -0.39 is 0 Å². The molecule has 1 aliphatic rings. The summed E-state index contributed by atoms with van der Waals surface area (Å²) in [6, 6.07) is 3.51. The third kappa shape index (κ3) is 2.79. The van der Waals surface area contributed by atoms with Crippen LogP contribution in [-0.2, 0) is 0 Å². The van der Waals surface area contributed by atoms with E-state index in [2.05, 4.69) is 4.90 Å². The molecule has 0 unspecified atom stereocenters. The van der Waals surface area contributed by atoms with Gasteiger partial charge in [-0.1, -0.05) is 23.2 Å². The van der Waals surface area contributed by atoms with Crippen molar-refractivity contribution < 1.29 is 5.11 Å². The lowest BCUT2D eigenvalue weighted by atomic mass is 9.97. The molecule has 0 amide bonds. The predicted octanol–water partition coefficient (Wildman–Crippen LogP) is 2.78. The maximum Gasteiger partial charge on any atom is 0.0615 e. The molecule has 1 fully saturated rings. The molecular weight excluding hydrogens is 259 g/mol. The average molecular weight is 275 g/mol. The van der Waals surface area contributed by atoms with Crippen molar-refractivity contribution in [2.75, 3.05) is 30.3 Å². The molecule has 1 aliphatic heterocycles. The summed E-state index contributed by atoms with van der Waals surface area (Å²) in [6.45, 7) is 2.06. The second kappa shape index (κ2) is 5.34. The highest BCUT2D eigenvalue weighted by Gasteiger charge is 2.20. The molecule has 3 nitrogen and oxygen atoms in total. The van der Waals surface area contributed by atoms with Crippen LogP contribution >= 0.6 is 23.2 Å². The molecule has 0 saturated carbocycles. The Bertz CT molecular complexity index is 404. The minimum atomic E-state index is 0.269. The first kappa shape index (κ1) is 12.8. The van der Waals surface area contributed by atoms with Crippen LogP contribution < -0.4 is 10.6 Å². The summed E-state index contributed by atoms with van der Waals surface area (Å²) in [4.78, 5) is 2.20. The molecule has 1 aromatic rings. The van der Waals surface area contributed by atoms with E-state index in [1.54, 1.807) is 6.07 Å². The Morgan fingerprint density at radius 2 is 1.82 bits per heavy atom. The minimum Gasteiger partial charge on any atom is -0.397 e. The molecule has 17 heavy (non-hydrogen) atoms. The van der Waals surface area contributed by atoms with Crippen LogP contribution in [0.25, 0.3) is 0 Å². The van der Waals surface area contributed by atoms with E-state index in [4.69, 9.17) is 34.0 Å². The molecule has 0 aliphatic carbocycles. The Hall–Kier alpha value is -0.640. The van der Waals surface area contributed by atoms with E-state index in [1.165, 1.54) is 0 Å². The summed E-state index contributed by atoms with van der Waals surface area (Å²) in [6.07, 6.45) is 1.96. The number of halogens is 2. The van der Waals surface area contributed by atoms with Gasteiger partial charge in [-0.05, 0) is 30.9 Å². The minimum absolute atomic E-state index is 0.269. The molecule has 1 heterocycles. The predicted molar refractivity (Wildman–Crippen MR) is 72.9 cm³/mol. The van der Waals surface area contributed by atoms with Crippen LogP contribution in [0.1, 0.15) is 12.8 Å². The standard InChI is InChI=1S/C12H16Cl2N2O/c13-9-5-11(15)12(6-10(9)14)16-3-1-8(7-17)2-4-16/h5-6,8,17H,1-4,7,15H2. The van der Waals surface area contributed by atoms with Gasteiger partial charge in [-0.3, -0.25) is 0 Å². The van der Waals surface area contributed by atoms with Gasteiger partial charge in [-0.15, -0.1) is 0 Å². The first-order chi connectivity index (χ1) is 8.11. The van der Waals surface area contributed by atoms with E-state index in [0.717, 1.165) is 31.6 Å². The fourth-order valence-electron chi connectivity index (χ4n) is 2.18.